The Labute approximate surface area is 102 Å². The van der Waals surface area contributed by atoms with Gasteiger partial charge in [0.1, 0.15) is 11.6 Å². The summed E-state index contributed by atoms with van der Waals surface area (Å²) in [5.74, 6) is 2.16. The van der Waals surface area contributed by atoms with Crippen LogP contribution in [-0.4, -0.2) is 11.7 Å². The molecule has 0 aromatic heterocycles. The lowest BCUT2D eigenvalue weighted by atomic mass is 10.1. The van der Waals surface area contributed by atoms with Crippen molar-refractivity contribution >= 4 is 0 Å². The first-order chi connectivity index (χ1) is 8.15. The van der Waals surface area contributed by atoms with Crippen LogP contribution in [0.15, 0.2) is 18.2 Å². The predicted molar refractivity (Wildman–Crippen MR) is 67.2 cm³/mol. The molecule has 0 bridgehead atoms. The van der Waals surface area contributed by atoms with Gasteiger partial charge in [0, 0.05) is 24.1 Å². The van der Waals surface area contributed by atoms with Crippen molar-refractivity contribution in [2.45, 2.75) is 32.2 Å². The number of phenols is 1. The molecule has 1 atom stereocenters. The van der Waals surface area contributed by atoms with Crippen LogP contribution >= 0.6 is 0 Å². The Hall–Kier alpha value is -1.53. The molecule has 1 rings (SSSR count). The maximum Gasteiger partial charge on any atom is 0.126 e. The van der Waals surface area contributed by atoms with Crippen LogP contribution in [0.3, 0.4) is 0 Å². The molecule has 0 heterocycles. The van der Waals surface area contributed by atoms with Crippen molar-refractivity contribution in [3.63, 3.8) is 0 Å². The smallest absolute Gasteiger partial charge is 0.126 e. The van der Waals surface area contributed by atoms with Crippen LogP contribution in [0.5, 0.6) is 5.75 Å². The van der Waals surface area contributed by atoms with E-state index in [2.05, 4.69) is 11.2 Å². The SMILES string of the molecule is C#CCCCCNC(C)c1ccc(F)cc1O. The minimum atomic E-state index is -0.424. The fourth-order valence-electron chi connectivity index (χ4n) is 1.66. The molecule has 2 N–H and O–H groups in total. The second-order valence-electron chi connectivity index (χ2n) is 4.04. The lowest BCUT2D eigenvalue weighted by molar-refractivity contribution is 0.445. The first-order valence-corrected chi connectivity index (χ1v) is 5.80. The molecule has 0 spiro atoms. The molecule has 92 valence electrons. The Bertz CT molecular complexity index is 398. The molecule has 0 saturated heterocycles. The van der Waals surface area contributed by atoms with E-state index in [1.165, 1.54) is 6.07 Å². The Morgan fingerprint density at radius 2 is 2.24 bits per heavy atom. The average molecular weight is 235 g/mol. The standard InChI is InChI=1S/C14H18FNO/c1-3-4-5-6-9-16-11(2)13-8-7-12(15)10-14(13)17/h1,7-8,10-11,16-17H,4-6,9H2,2H3. The Kier molecular flexibility index (Phi) is 5.51. The lowest BCUT2D eigenvalue weighted by Gasteiger charge is -2.15. The van der Waals surface area contributed by atoms with Gasteiger partial charge in [-0.15, -0.1) is 12.3 Å². The lowest BCUT2D eigenvalue weighted by Crippen LogP contribution is -2.19. The van der Waals surface area contributed by atoms with E-state index in [4.69, 9.17) is 6.42 Å². The summed E-state index contributed by atoms with van der Waals surface area (Å²) < 4.78 is 12.8. The minimum Gasteiger partial charge on any atom is -0.508 e. The van der Waals surface area contributed by atoms with E-state index < -0.39 is 5.82 Å². The Morgan fingerprint density at radius 3 is 2.88 bits per heavy atom. The monoisotopic (exact) mass is 235 g/mol. The summed E-state index contributed by atoms with van der Waals surface area (Å²) in [7, 11) is 0. The number of rotatable bonds is 6. The number of terminal acetylenes is 1. The maximum absolute atomic E-state index is 12.8. The van der Waals surface area contributed by atoms with Crippen LogP contribution in [0, 0.1) is 18.2 Å². The summed E-state index contributed by atoms with van der Waals surface area (Å²) in [5.41, 5.74) is 0.711. The van der Waals surface area contributed by atoms with Gasteiger partial charge in [0.15, 0.2) is 0 Å². The fraction of sp³-hybridized carbons (Fsp3) is 0.429. The highest BCUT2D eigenvalue weighted by Gasteiger charge is 2.09. The molecule has 1 aromatic rings. The number of hydrogen-bond donors (Lipinski definition) is 2. The van der Waals surface area contributed by atoms with E-state index in [9.17, 15) is 9.50 Å². The molecule has 3 heteroatoms. The van der Waals surface area contributed by atoms with Gasteiger partial charge in [-0.1, -0.05) is 6.07 Å². The number of halogens is 1. The van der Waals surface area contributed by atoms with Gasteiger partial charge < -0.3 is 10.4 Å². The quantitative estimate of drug-likeness (QED) is 0.587. The second-order valence-corrected chi connectivity index (χ2v) is 4.04. The van der Waals surface area contributed by atoms with E-state index in [1.807, 2.05) is 6.92 Å². The summed E-state index contributed by atoms with van der Waals surface area (Å²) >= 11 is 0. The zero-order valence-corrected chi connectivity index (χ0v) is 10.0. The van der Waals surface area contributed by atoms with Gasteiger partial charge >= 0.3 is 0 Å². The molecule has 17 heavy (non-hydrogen) atoms. The molecule has 1 unspecified atom stereocenters. The van der Waals surface area contributed by atoms with E-state index in [1.54, 1.807) is 6.07 Å². The summed E-state index contributed by atoms with van der Waals surface area (Å²) in [5, 5.41) is 12.9. The number of unbranched alkanes of at least 4 members (excludes halogenated alkanes) is 2. The van der Waals surface area contributed by atoms with Crippen molar-refractivity contribution in [1.29, 1.82) is 0 Å². The third-order valence-corrected chi connectivity index (χ3v) is 2.66. The first kappa shape index (κ1) is 13.5. The van der Waals surface area contributed by atoms with Crippen molar-refractivity contribution < 1.29 is 9.50 Å². The fourth-order valence-corrected chi connectivity index (χ4v) is 1.66. The van der Waals surface area contributed by atoms with Crippen LogP contribution in [0.4, 0.5) is 4.39 Å². The van der Waals surface area contributed by atoms with Crippen molar-refractivity contribution in [2.75, 3.05) is 6.54 Å². The molecule has 0 amide bonds. The summed E-state index contributed by atoms with van der Waals surface area (Å²) in [6.07, 6.45) is 7.93. The number of hydrogen-bond acceptors (Lipinski definition) is 2. The third kappa shape index (κ3) is 4.46. The highest BCUT2D eigenvalue weighted by atomic mass is 19.1. The van der Waals surface area contributed by atoms with E-state index in [-0.39, 0.29) is 11.8 Å². The predicted octanol–water partition coefficient (Wildman–Crippen LogP) is 2.99. The third-order valence-electron chi connectivity index (χ3n) is 2.66. The van der Waals surface area contributed by atoms with E-state index in [0.717, 1.165) is 31.9 Å². The van der Waals surface area contributed by atoms with Gasteiger partial charge in [-0.25, -0.2) is 4.39 Å². The molecule has 0 aliphatic carbocycles. The zero-order valence-electron chi connectivity index (χ0n) is 10.0. The normalized spacial score (nSPS) is 12.1. The number of benzene rings is 1. The molecular formula is C14H18FNO. The number of aromatic hydroxyl groups is 1. The highest BCUT2D eigenvalue weighted by Crippen LogP contribution is 2.24. The number of nitrogens with one attached hydrogen (secondary N) is 1. The molecule has 2 nitrogen and oxygen atoms in total. The summed E-state index contributed by atoms with van der Waals surface area (Å²) in [6, 6.07) is 4.09. The van der Waals surface area contributed by atoms with Crippen LogP contribution in [-0.2, 0) is 0 Å². The van der Waals surface area contributed by atoms with Crippen molar-refractivity contribution in [1.82, 2.24) is 5.32 Å². The number of phenolic OH excluding ortho intramolecular Hbond substituents is 1. The maximum atomic E-state index is 12.8. The van der Waals surface area contributed by atoms with Crippen molar-refractivity contribution in [3.05, 3.63) is 29.6 Å². The zero-order chi connectivity index (χ0) is 12.7. The van der Waals surface area contributed by atoms with Crippen LogP contribution in [0.1, 0.15) is 37.8 Å². The minimum absolute atomic E-state index is 0.00133. The van der Waals surface area contributed by atoms with Gasteiger partial charge in [0.2, 0.25) is 0 Å². The average Bonchev–Trinajstić information content (AvgIpc) is 2.28. The van der Waals surface area contributed by atoms with Crippen LogP contribution in [0.25, 0.3) is 0 Å². The largest absolute Gasteiger partial charge is 0.508 e. The molecule has 0 fully saturated rings. The topological polar surface area (TPSA) is 32.3 Å². The molecular weight excluding hydrogens is 217 g/mol. The second kappa shape index (κ2) is 6.93. The van der Waals surface area contributed by atoms with Crippen molar-refractivity contribution in [2.24, 2.45) is 0 Å². The Balaban J connectivity index is 2.42. The molecule has 1 aromatic carbocycles. The highest BCUT2D eigenvalue weighted by molar-refractivity contribution is 5.34. The summed E-state index contributed by atoms with van der Waals surface area (Å²) in [6.45, 7) is 2.77. The van der Waals surface area contributed by atoms with Crippen molar-refractivity contribution in [3.8, 4) is 18.1 Å². The van der Waals surface area contributed by atoms with Crippen LogP contribution in [0.2, 0.25) is 0 Å². The molecule has 0 radical (unpaired) electrons. The molecule has 0 aliphatic heterocycles. The van der Waals surface area contributed by atoms with Gasteiger partial charge in [-0.05, 0) is 32.4 Å². The summed E-state index contributed by atoms with van der Waals surface area (Å²) in [4.78, 5) is 0. The van der Waals surface area contributed by atoms with Crippen LogP contribution < -0.4 is 5.32 Å². The van der Waals surface area contributed by atoms with E-state index >= 15 is 0 Å². The van der Waals surface area contributed by atoms with Gasteiger partial charge in [-0.3, -0.25) is 0 Å². The Morgan fingerprint density at radius 1 is 1.47 bits per heavy atom. The van der Waals surface area contributed by atoms with Gasteiger partial charge in [0.05, 0.1) is 0 Å². The van der Waals surface area contributed by atoms with E-state index in [0.29, 0.717) is 5.56 Å². The molecule has 0 aliphatic rings. The van der Waals surface area contributed by atoms with Gasteiger partial charge in [0.25, 0.3) is 0 Å². The van der Waals surface area contributed by atoms with Gasteiger partial charge in [-0.2, -0.15) is 0 Å². The first-order valence-electron chi connectivity index (χ1n) is 5.80. The molecule has 0 saturated carbocycles.